The molecule has 114 valence electrons. The number of tetrazole rings is 1. The average molecular weight is 302 g/mol. The molecular formula is C11H22N6O2S. The molecule has 0 unspecified atom stereocenters. The molecule has 0 radical (unpaired) electrons. The molecule has 0 amide bonds. The second-order valence-corrected chi connectivity index (χ2v) is 7.09. The third-order valence-electron chi connectivity index (χ3n) is 3.42. The van der Waals surface area contributed by atoms with Crippen LogP contribution in [-0.2, 0) is 23.1 Å². The Morgan fingerprint density at radius 3 is 2.70 bits per heavy atom. The fourth-order valence-electron chi connectivity index (χ4n) is 2.36. The third kappa shape index (κ3) is 3.97. The molecule has 0 spiro atoms. The second kappa shape index (κ2) is 6.59. The van der Waals surface area contributed by atoms with E-state index in [1.54, 1.807) is 4.31 Å². The maximum atomic E-state index is 11.6. The van der Waals surface area contributed by atoms with E-state index < -0.39 is 10.0 Å². The van der Waals surface area contributed by atoms with Crippen molar-refractivity contribution < 1.29 is 8.42 Å². The van der Waals surface area contributed by atoms with E-state index in [1.165, 1.54) is 6.26 Å². The molecule has 0 bridgehead atoms. The quantitative estimate of drug-likeness (QED) is 0.732. The van der Waals surface area contributed by atoms with Gasteiger partial charge in [-0.25, -0.2) is 17.4 Å². The summed E-state index contributed by atoms with van der Waals surface area (Å²) in [4.78, 5) is 2.21. The molecule has 1 saturated heterocycles. The first-order chi connectivity index (χ1) is 9.50. The van der Waals surface area contributed by atoms with Crippen molar-refractivity contribution in [2.24, 2.45) is 0 Å². The van der Waals surface area contributed by atoms with Crippen molar-refractivity contribution in [1.82, 2.24) is 29.4 Å². The lowest BCUT2D eigenvalue weighted by molar-refractivity contribution is 0.266. The van der Waals surface area contributed by atoms with Gasteiger partial charge in [-0.05, 0) is 29.8 Å². The number of rotatable bonds is 5. The van der Waals surface area contributed by atoms with E-state index in [1.807, 2.05) is 4.68 Å². The van der Waals surface area contributed by atoms with Crippen LogP contribution in [0.25, 0.3) is 0 Å². The maximum Gasteiger partial charge on any atom is 0.211 e. The highest BCUT2D eigenvalue weighted by Gasteiger charge is 2.22. The smallest absolute Gasteiger partial charge is 0.211 e. The molecule has 0 atom stereocenters. The molecule has 1 aliphatic heterocycles. The Morgan fingerprint density at radius 2 is 2.00 bits per heavy atom. The summed E-state index contributed by atoms with van der Waals surface area (Å²) in [5.74, 6) is 0.847. The van der Waals surface area contributed by atoms with Gasteiger partial charge in [0.15, 0.2) is 5.82 Å². The standard InChI is InChI=1S/C11H22N6O2S/c1-3-5-17-11(12-13-14-17)10-15-6-4-7-16(9-8-15)20(2,18)19/h3-10H2,1-2H3. The summed E-state index contributed by atoms with van der Waals surface area (Å²) < 4.78 is 26.5. The van der Waals surface area contributed by atoms with Crippen molar-refractivity contribution in [3.8, 4) is 0 Å². The molecule has 0 N–H and O–H groups in total. The van der Waals surface area contributed by atoms with E-state index in [2.05, 4.69) is 27.3 Å². The normalized spacial score (nSPS) is 19.1. The molecule has 2 rings (SSSR count). The van der Waals surface area contributed by atoms with E-state index in [4.69, 9.17) is 0 Å². The first-order valence-corrected chi connectivity index (χ1v) is 8.78. The SMILES string of the molecule is CCCn1nnnc1CN1CCCN(S(C)(=O)=O)CC1. The van der Waals surface area contributed by atoms with Gasteiger partial charge in [-0.15, -0.1) is 5.10 Å². The van der Waals surface area contributed by atoms with Crippen molar-refractivity contribution in [3.63, 3.8) is 0 Å². The molecule has 9 heteroatoms. The summed E-state index contributed by atoms with van der Waals surface area (Å²) in [6.07, 6.45) is 3.09. The van der Waals surface area contributed by atoms with Crippen LogP contribution < -0.4 is 0 Å². The lowest BCUT2D eigenvalue weighted by atomic mass is 10.4. The predicted octanol–water partition coefficient (Wildman–Crippen LogP) is -0.450. The van der Waals surface area contributed by atoms with Gasteiger partial charge in [0.25, 0.3) is 0 Å². The van der Waals surface area contributed by atoms with Gasteiger partial charge in [0.2, 0.25) is 10.0 Å². The molecule has 0 saturated carbocycles. The summed E-state index contributed by atoms with van der Waals surface area (Å²) in [6.45, 7) is 6.28. The van der Waals surface area contributed by atoms with Crippen molar-refractivity contribution >= 4 is 10.0 Å². The molecule has 8 nitrogen and oxygen atoms in total. The highest BCUT2D eigenvalue weighted by atomic mass is 32.2. The summed E-state index contributed by atoms with van der Waals surface area (Å²) in [5.41, 5.74) is 0. The van der Waals surface area contributed by atoms with Crippen LogP contribution in [0.3, 0.4) is 0 Å². The minimum absolute atomic E-state index is 0.536. The monoisotopic (exact) mass is 302 g/mol. The molecular weight excluding hydrogens is 280 g/mol. The minimum Gasteiger partial charge on any atom is -0.295 e. The number of nitrogens with zero attached hydrogens (tertiary/aromatic N) is 6. The van der Waals surface area contributed by atoms with Crippen LogP contribution in [0.2, 0.25) is 0 Å². The van der Waals surface area contributed by atoms with Crippen LogP contribution in [0.5, 0.6) is 0 Å². The Hall–Kier alpha value is -1.06. The first-order valence-electron chi connectivity index (χ1n) is 6.93. The Kier molecular flexibility index (Phi) is 5.06. The molecule has 1 aromatic rings. The van der Waals surface area contributed by atoms with Crippen LogP contribution in [-0.4, -0.2) is 70.3 Å². The molecule has 20 heavy (non-hydrogen) atoms. The van der Waals surface area contributed by atoms with E-state index in [9.17, 15) is 8.42 Å². The van der Waals surface area contributed by atoms with Crippen LogP contribution in [0.4, 0.5) is 0 Å². The Morgan fingerprint density at radius 1 is 1.20 bits per heavy atom. The summed E-state index contributed by atoms with van der Waals surface area (Å²) in [6, 6.07) is 0. The number of hydrogen-bond acceptors (Lipinski definition) is 6. The van der Waals surface area contributed by atoms with Crippen molar-refractivity contribution in [1.29, 1.82) is 0 Å². The molecule has 1 aromatic heterocycles. The number of aryl methyl sites for hydroxylation is 1. The summed E-state index contributed by atoms with van der Waals surface area (Å²) in [7, 11) is -3.09. The Labute approximate surface area is 119 Å². The summed E-state index contributed by atoms with van der Waals surface area (Å²) in [5, 5.41) is 11.7. The number of sulfonamides is 1. The van der Waals surface area contributed by atoms with E-state index in [0.717, 1.165) is 31.8 Å². The zero-order valence-electron chi connectivity index (χ0n) is 12.1. The predicted molar refractivity (Wildman–Crippen MR) is 74.4 cm³/mol. The van der Waals surface area contributed by atoms with Crippen molar-refractivity contribution in [3.05, 3.63) is 5.82 Å². The van der Waals surface area contributed by atoms with Gasteiger partial charge in [-0.1, -0.05) is 6.92 Å². The fourth-order valence-corrected chi connectivity index (χ4v) is 3.23. The van der Waals surface area contributed by atoms with Gasteiger partial charge < -0.3 is 0 Å². The Balaban J connectivity index is 1.96. The largest absolute Gasteiger partial charge is 0.295 e. The van der Waals surface area contributed by atoms with Gasteiger partial charge in [0, 0.05) is 26.2 Å². The van der Waals surface area contributed by atoms with Crippen molar-refractivity contribution in [2.75, 3.05) is 32.4 Å². The molecule has 0 aromatic carbocycles. The zero-order valence-corrected chi connectivity index (χ0v) is 12.9. The van der Waals surface area contributed by atoms with Gasteiger partial charge in [0.1, 0.15) is 0 Å². The fraction of sp³-hybridized carbons (Fsp3) is 0.909. The molecule has 2 heterocycles. The highest BCUT2D eigenvalue weighted by molar-refractivity contribution is 7.88. The lowest BCUT2D eigenvalue weighted by Gasteiger charge is -2.20. The molecule has 0 aliphatic carbocycles. The van der Waals surface area contributed by atoms with E-state index in [-0.39, 0.29) is 0 Å². The molecule has 1 aliphatic rings. The van der Waals surface area contributed by atoms with Crippen LogP contribution in [0.1, 0.15) is 25.6 Å². The Bertz CT molecular complexity index is 529. The average Bonchev–Trinajstić information content (AvgIpc) is 2.65. The van der Waals surface area contributed by atoms with Gasteiger partial charge in [0.05, 0.1) is 12.8 Å². The topological polar surface area (TPSA) is 84.2 Å². The number of hydrogen-bond donors (Lipinski definition) is 0. The van der Waals surface area contributed by atoms with E-state index >= 15 is 0 Å². The van der Waals surface area contributed by atoms with Crippen molar-refractivity contribution in [2.45, 2.75) is 32.9 Å². The van der Waals surface area contributed by atoms with Crippen LogP contribution in [0, 0.1) is 0 Å². The lowest BCUT2D eigenvalue weighted by Crippen LogP contribution is -2.34. The van der Waals surface area contributed by atoms with Crippen LogP contribution in [0.15, 0.2) is 0 Å². The molecule has 1 fully saturated rings. The van der Waals surface area contributed by atoms with Gasteiger partial charge >= 0.3 is 0 Å². The van der Waals surface area contributed by atoms with E-state index in [0.29, 0.717) is 26.2 Å². The zero-order chi connectivity index (χ0) is 14.6. The third-order valence-corrected chi connectivity index (χ3v) is 4.73. The number of aromatic nitrogens is 4. The second-order valence-electron chi connectivity index (χ2n) is 5.11. The minimum atomic E-state index is -3.09. The van der Waals surface area contributed by atoms with Gasteiger partial charge in [-0.3, -0.25) is 4.90 Å². The highest BCUT2D eigenvalue weighted by Crippen LogP contribution is 2.09. The first kappa shape index (κ1) is 15.3. The summed E-state index contributed by atoms with van der Waals surface area (Å²) >= 11 is 0. The van der Waals surface area contributed by atoms with Crippen LogP contribution >= 0.6 is 0 Å². The maximum absolute atomic E-state index is 11.6. The van der Waals surface area contributed by atoms with Gasteiger partial charge in [-0.2, -0.15) is 0 Å².